The zero-order chi connectivity index (χ0) is 15.2. The van der Waals surface area contributed by atoms with Crippen LogP contribution in [0.3, 0.4) is 0 Å². The number of para-hydroxylation sites is 2. The van der Waals surface area contributed by atoms with Crippen LogP contribution in [0, 0.1) is 5.82 Å². The molecule has 0 unspecified atom stereocenters. The minimum absolute atomic E-state index is 0.403. The number of rotatable bonds is 6. The number of aliphatic hydroxyl groups excluding tert-OH is 1. The third-order valence-electron chi connectivity index (χ3n) is 2.95. The van der Waals surface area contributed by atoms with Crippen molar-refractivity contribution in [2.24, 2.45) is 0 Å². The van der Waals surface area contributed by atoms with E-state index in [2.05, 4.69) is 0 Å². The predicted octanol–water partition coefficient (Wildman–Crippen LogP) is 4.46. The van der Waals surface area contributed by atoms with Crippen LogP contribution >= 0.6 is 0 Å². The Labute approximate surface area is 124 Å². The summed E-state index contributed by atoms with van der Waals surface area (Å²) in [4.78, 5) is 0. The van der Waals surface area contributed by atoms with Crippen LogP contribution in [-0.2, 0) is 0 Å². The number of hydrogen-bond donors (Lipinski definition) is 1. The average Bonchev–Trinajstić information content (AvgIpc) is 2.48. The minimum atomic E-state index is -0.820. The van der Waals surface area contributed by atoms with Gasteiger partial charge in [-0.1, -0.05) is 19.1 Å². The first-order valence-electron chi connectivity index (χ1n) is 6.99. The molecule has 1 atom stereocenters. The average molecular weight is 290 g/mol. The van der Waals surface area contributed by atoms with Crippen molar-refractivity contribution in [3.8, 4) is 17.2 Å². The standard InChI is InChI=1S/C17H19FO3/c1-3-10-20-16-6-4-5-7-17(16)21-15-9-8-13(18)11-14(15)12(2)19/h4-9,11-12,19H,3,10H2,1-2H3/t12-/m0/s1. The van der Waals surface area contributed by atoms with E-state index in [1.807, 2.05) is 25.1 Å². The molecule has 0 bridgehead atoms. The summed E-state index contributed by atoms with van der Waals surface area (Å²) >= 11 is 0. The molecule has 0 aliphatic heterocycles. The SMILES string of the molecule is CCCOc1ccccc1Oc1ccc(F)cc1[C@H](C)O. The Hall–Kier alpha value is -2.07. The molecular weight excluding hydrogens is 271 g/mol. The Kier molecular flexibility index (Phi) is 5.17. The van der Waals surface area contributed by atoms with Gasteiger partial charge in [-0.05, 0) is 43.7 Å². The van der Waals surface area contributed by atoms with Gasteiger partial charge >= 0.3 is 0 Å². The number of benzene rings is 2. The molecular formula is C17H19FO3. The van der Waals surface area contributed by atoms with Crippen LogP contribution in [0.4, 0.5) is 4.39 Å². The largest absolute Gasteiger partial charge is 0.490 e. The highest BCUT2D eigenvalue weighted by Gasteiger charge is 2.13. The third-order valence-corrected chi connectivity index (χ3v) is 2.95. The van der Waals surface area contributed by atoms with Crippen LogP contribution in [0.1, 0.15) is 31.9 Å². The van der Waals surface area contributed by atoms with E-state index in [0.29, 0.717) is 29.4 Å². The Morgan fingerprint density at radius 1 is 1.10 bits per heavy atom. The van der Waals surface area contributed by atoms with Gasteiger partial charge in [0.1, 0.15) is 11.6 Å². The molecule has 0 saturated carbocycles. The van der Waals surface area contributed by atoms with Crippen LogP contribution in [0.15, 0.2) is 42.5 Å². The van der Waals surface area contributed by atoms with Crippen LogP contribution in [0.2, 0.25) is 0 Å². The van der Waals surface area contributed by atoms with Crippen molar-refractivity contribution in [2.45, 2.75) is 26.4 Å². The lowest BCUT2D eigenvalue weighted by atomic mass is 10.1. The van der Waals surface area contributed by atoms with E-state index >= 15 is 0 Å². The fourth-order valence-electron chi connectivity index (χ4n) is 1.92. The first kappa shape index (κ1) is 15.3. The zero-order valence-corrected chi connectivity index (χ0v) is 12.2. The number of halogens is 1. The maximum absolute atomic E-state index is 13.3. The van der Waals surface area contributed by atoms with Gasteiger partial charge in [0.15, 0.2) is 11.5 Å². The van der Waals surface area contributed by atoms with Gasteiger partial charge in [0.25, 0.3) is 0 Å². The van der Waals surface area contributed by atoms with E-state index in [9.17, 15) is 9.50 Å². The second kappa shape index (κ2) is 7.09. The van der Waals surface area contributed by atoms with Crippen molar-refractivity contribution in [3.63, 3.8) is 0 Å². The molecule has 0 aliphatic rings. The second-order valence-corrected chi connectivity index (χ2v) is 4.76. The number of hydrogen-bond acceptors (Lipinski definition) is 3. The number of ether oxygens (including phenoxy) is 2. The van der Waals surface area contributed by atoms with Crippen molar-refractivity contribution in [2.75, 3.05) is 6.61 Å². The summed E-state index contributed by atoms with van der Waals surface area (Å²) < 4.78 is 24.7. The third kappa shape index (κ3) is 3.95. The Balaban J connectivity index is 2.30. The summed E-state index contributed by atoms with van der Waals surface area (Å²) in [6, 6.07) is 11.4. The smallest absolute Gasteiger partial charge is 0.169 e. The maximum Gasteiger partial charge on any atom is 0.169 e. The summed E-state index contributed by atoms with van der Waals surface area (Å²) in [5, 5.41) is 9.74. The van der Waals surface area contributed by atoms with Gasteiger partial charge in [-0.25, -0.2) is 4.39 Å². The Morgan fingerprint density at radius 3 is 2.48 bits per heavy atom. The molecule has 2 rings (SSSR count). The monoisotopic (exact) mass is 290 g/mol. The fraction of sp³-hybridized carbons (Fsp3) is 0.294. The fourth-order valence-corrected chi connectivity index (χ4v) is 1.92. The van der Waals surface area contributed by atoms with Crippen molar-refractivity contribution >= 4 is 0 Å². The highest BCUT2D eigenvalue weighted by atomic mass is 19.1. The summed E-state index contributed by atoms with van der Waals surface area (Å²) in [5.41, 5.74) is 0.403. The topological polar surface area (TPSA) is 38.7 Å². The summed E-state index contributed by atoms with van der Waals surface area (Å²) in [7, 11) is 0. The van der Waals surface area contributed by atoms with Crippen LogP contribution in [-0.4, -0.2) is 11.7 Å². The van der Waals surface area contributed by atoms with Gasteiger partial charge in [-0.3, -0.25) is 0 Å². The van der Waals surface area contributed by atoms with Gasteiger partial charge in [0, 0.05) is 5.56 Å². The molecule has 112 valence electrons. The second-order valence-electron chi connectivity index (χ2n) is 4.76. The molecule has 0 amide bonds. The molecule has 0 radical (unpaired) electrons. The van der Waals surface area contributed by atoms with Crippen LogP contribution in [0.25, 0.3) is 0 Å². The molecule has 1 N–H and O–H groups in total. The molecule has 2 aromatic rings. The number of aliphatic hydroxyl groups is 1. The lowest BCUT2D eigenvalue weighted by molar-refractivity contribution is 0.194. The molecule has 3 nitrogen and oxygen atoms in total. The highest BCUT2D eigenvalue weighted by Crippen LogP contribution is 2.35. The minimum Gasteiger partial charge on any atom is -0.490 e. The lowest BCUT2D eigenvalue weighted by Gasteiger charge is -2.15. The van der Waals surface area contributed by atoms with Crippen LogP contribution < -0.4 is 9.47 Å². The zero-order valence-electron chi connectivity index (χ0n) is 12.2. The molecule has 0 heterocycles. The van der Waals surface area contributed by atoms with Crippen LogP contribution in [0.5, 0.6) is 17.2 Å². The molecule has 0 spiro atoms. The molecule has 0 aliphatic carbocycles. The van der Waals surface area contributed by atoms with Crippen molar-refractivity contribution in [1.29, 1.82) is 0 Å². The van der Waals surface area contributed by atoms with Crippen molar-refractivity contribution in [1.82, 2.24) is 0 Å². The molecule has 0 saturated heterocycles. The van der Waals surface area contributed by atoms with E-state index < -0.39 is 11.9 Å². The molecule has 0 fully saturated rings. The molecule has 4 heteroatoms. The molecule has 0 aromatic heterocycles. The molecule has 2 aromatic carbocycles. The normalized spacial score (nSPS) is 12.0. The van der Waals surface area contributed by atoms with E-state index in [-0.39, 0.29) is 0 Å². The van der Waals surface area contributed by atoms with E-state index in [0.717, 1.165) is 6.42 Å². The van der Waals surface area contributed by atoms with Gasteiger partial charge in [-0.2, -0.15) is 0 Å². The summed E-state index contributed by atoms with van der Waals surface area (Å²) in [6.45, 7) is 4.18. The van der Waals surface area contributed by atoms with Gasteiger partial charge in [0.2, 0.25) is 0 Å². The maximum atomic E-state index is 13.3. The predicted molar refractivity (Wildman–Crippen MR) is 79.3 cm³/mol. The van der Waals surface area contributed by atoms with E-state index in [1.165, 1.54) is 18.2 Å². The lowest BCUT2D eigenvalue weighted by Crippen LogP contribution is -2.00. The van der Waals surface area contributed by atoms with E-state index in [4.69, 9.17) is 9.47 Å². The van der Waals surface area contributed by atoms with Gasteiger partial charge in [-0.15, -0.1) is 0 Å². The summed E-state index contributed by atoms with van der Waals surface area (Å²) in [6.07, 6.45) is 0.0727. The van der Waals surface area contributed by atoms with Crippen molar-refractivity contribution in [3.05, 3.63) is 53.8 Å². The van der Waals surface area contributed by atoms with E-state index in [1.54, 1.807) is 13.0 Å². The van der Waals surface area contributed by atoms with Crippen molar-refractivity contribution < 1.29 is 19.0 Å². The van der Waals surface area contributed by atoms with Gasteiger partial charge < -0.3 is 14.6 Å². The Bertz CT molecular complexity index is 596. The summed E-state index contributed by atoms with van der Waals surface area (Å²) in [5.74, 6) is 1.17. The first-order chi connectivity index (χ1) is 10.1. The van der Waals surface area contributed by atoms with Gasteiger partial charge in [0.05, 0.1) is 12.7 Å². The molecule has 21 heavy (non-hydrogen) atoms. The Morgan fingerprint density at radius 2 is 1.81 bits per heavy atom. The highest BCUT2D eigenvalue weighted by molar-refractivity contribution is 5.45. The first-order valence-corrected chi connectivity index (χ1v) is 6.99. The quantitative estimate of drug-likeness (QED) is 0.853.